The van der Waals surface area contributed by atoms with Crippen LogP contribution in [0.4, 0.5) is 0 Å². The van der Waals surface area contributed by atoms with Gasteiger partial charge in [-0.05, 0) is 42.0 Å². The minimum absolute atomic E-state index is 0.195. The van der Waals surface area contributed by atoms with Crippen LogP contribution in [0.2, 0.25) is 0 Å². The molecule has 0 aliphatic rings. The summed E-state index contributed by atoms with van der Waals surface area (Å²) in [6, 6.07) is 14.0. The molecule has 1 amide bonds. The van der Waals surface area contributed by atoms with Gasteiger partial charge in [-0.15, -0.1) is 0 Å². The zero-order valence-corrected chi connectivity index (χ0v) is 12.4. The normalized spacial score (nSPS) is 9.68. The van der Waals surface area contributed by atoms with Crippen molar-refractivity contribution in [3.63, 3.8) is 0 Å². The Hall–Kier alpha value is -3.00. The van der Waals surface area contributed by atoms with Crippen LogP contribution in [0.3, 0.4) is 0 Å². The zero-order valence-electron chi connectivity index (χ0n) is 12.4. The highest BCUT2D eigenvalue weighted by molar-refractivity contribution is 5.94. The molecular weight excluding hydrogens is 280 g/mol. The second-order valence-corrected chi connectivity index (χ2v) is 4.56. The molecule has 0 aliphatic heterocycles. The molecule has 2 rings (SSSR count). The molecule has 2 aromatic carbocycles. The summed E-state index contributed by atoms with van der Waals surface area (Å²) >= 11 is 0. The second kappa shape index (κ2) is 7.14. The van der Waals surface area contributed by atoms with Crippen molar-refractivity contribution in [3.05, 3.63) is 59.2 Å². The average molecular weight is 296 g/mol. The lowest BCUT2D eigenvalue weighted by Crippen LogP contribution is -2.22. The van der Waals surface area contributed by atoms with Gasteiger partial charge in [0.1, 0.15) is 0 Å². The van der Waals surface area contributed by atoms with Crippen LogP contribution in [-0.4, -0.2) is 20.1 Å². The third-order valence-corrected chi connectivity index (χ3v) is 3.18. The van der Waals surface area contributed by atoms with Gasteiger partial charge in [0, 0.05) is 12.1 Å². The number of benzene rings is 2. The highest BCUT2D eigenvalue weighted by Crippen LogP contribution is 2.27. The first-order valence-corrected chi connectivity index (χ1v) is 6.67. The minimum Gasteiger partial charge on any atom is -0.493 e. The van der Waals surface area contributed by atoms with Crippen molar-refractivity contribution in [2.75, 3.05) is 14.2 Å². The predicted octanol–water partition coefficient (Wildman–Crippen LogP) is 2.51. The van der Waals surface area contributed by atoms with Crippen molar-refractivity contribution in [2.24, 2.45) is 0 Å². The first-order valence-electron chi connectivity index (χ1n) is 6.67. The van der Waals surface area contributed by atoms with Crippen molar-refractivity contribution in [2.45, 2.75) is 6.54 Å². The van der Waals surface area contributed by atoms with E-state index in [0.717, 1.165) is 5.56 Å². The summed E-state index contributed by atoms with van der Waals surface area (Å²) < 4.78 is 10.4. The number of nitriles is 1. The Morgan fingerprint density at radius 2 is 1.77 bits per heavy atom. The summed E-state index contributed by atoms with van der Waals surface area (Å²) in [5, 5.41) is 11.6. The van der Waals surface area contributed by atoms with Gasteiger partial charge in [-0.2, -0.15) is 5.26 Å². The topological polar surface area (TPSA) is 71.3 Å². The van der Waals surface area contributed by atoms with Gasteiger partial charge in [-0.3, -0.25) is 4.79 Å². The Morgan fingerprint density at radius 1 is 1.09 bits per heavy atom. The van der Waals surface area contributed by atoms with Gasteiger partial charge in [0.25, 0.3) is 5.91 Å². The molecule has 0 spiro atoms. The predicted molar refractivity (Wildman–Crippen MR) is 81.9 cm³/mol. The lowest BCUT2D eigenvalue weighted by molar-refractivity contribution is 0.0951. The molecule has 0 atom stereocenters. The molecule has 0 bridgehead atoms. The molecule has 0 heterocycles. The van der Waals surface area contributed by atoms with E-state index in [0.29, 0.717) is 29.2 Å². The number of methoxy groups -OCH3 is 2. The van der Waals surface area contributed by atoms with Crippen molar-refractivity contribution >= 4 is 5.91 Å². The third-order valence-electron chi connectivity index (χ3n) is 3.18. The number of nitrogens with zero attached hydrogens (tertiary/aromatic N) is 1. The minimum atomic E-state index is -0.195. The van der Waals surface area contributed by atoms with Gasteiger partial charge >= 0.3 is 0 Å². The van der Waals surface area contributed by atoms with Crippen molar-refractivity contribution in [1.82, 2.24) is 5.32 Å². The van der Waals surface area contributed by atoms with Crippen LogP contribution in [0.1, 0.15) is 21.5 Å². The standard InChI is InChI=1S/C17H16N2O3/c1-21-15-8-5-13(9-16(15)22-2)11-19-17(20)14-6-3-12(10-18)4-7-14/h3-9H,11H2,1-2H3,(H,19,20). The summed E-state index contributed by atoms with van der Waals surface area (Å²) in [4.78, 5) is 12.0. The summed E-state index contributed by atoms with van der Waals surface area (Å²) in [5.74, 6) is 1.07. The molecule has 1 N–H and O–H groups in total. The molecule has 5 nitrogen and oxygen atoms in total. The molecule has 0 aliphatic carbocycles. The van der Waals surface area contributed by atoms with E-state index in [-0.39, 0.29) is 5.91 Å². The second-order valence-electron chi connectivity index (χ2n) is 4.56. The van der Waals surface area contributed by atoms with E-state index in [4.69, 9.17) is 14.7 Å². The maximum atomic E-state index is 12.0. The van der Waals surface area contributed by atoms with Crippen LogP contribution in [-0.2, 0) is 6.54 Å². The largest absolute Gasteiger partial charge is 0.493 e. The van der Waals surface area contributed by atoms with Gasteiger partial charge in [0.05, 0.1) is 25.9 Å². The summed E-state index contributed by atoms with van der Waals surface area (Å²) in [6.07, 6.45) is 0. The maximum Gasteiger partial charge on any atom is 0.251 e. The fourth-order valence-electron chi connectivity index (χ4n) is 1.97. The third kappa shape index (κ3) is 3.55. The molecule has 0 aromatic heterocycles. The Morgan fingerprint density at radius 3 is 2.36 bits per heavy atom. The van der Waals surface area contributed by atoms with Gasteiger partial charge in [-0.1, -0.05) is 6.07 Å². The van der Waals surface area contributed by atoms with Crippen LogP contribution >= 0.6 is 0 Å². The molecule has 0 fully saturated rings. The van der Waals surface area contributed by atoms with Crippen LogP contribution in [0.5, 0.6) is 11.5 Å². The highest BCUT2D eigenvalue weighted by atomic mass is 16.5. The van der Waals surface area contributed by atoms with Crippen LogP contribution in [0.25, 0.3) is 0 Å². The molecule has 0 saturated carbocycles. The van der Waals surface area contributed by atoms with E-state index in [9.17, 15) is 4.79 Å². The van der Waals surface area contributed by atoms with Gasteiger partial charge < -0.3 is 14.8 Å². The number of hydrogen-bond acceptors (Lipinski definition) is 4. The Balaban J connectivity index is 2.03. The van der Waals surface area contributed by atoms with Gasteiger partial charge in [0.2, 0.25) is 0 Å². The first-order chi connectivity index (χ1) is 10.7. The van der Waals surface area contributed by atoms with Crippen molar-refractivity contribution in [1.29, 1.82) is 5.26 Å². The SMILES string of the molecule is COc1ccc(CNC(=O)c2ccc(C#N)cc2)cc1OC. The number of ether oxygens (including phenoxy) is 2. The van der Waals surface area contributed by atoms with Gasteiger partial charge in [0.15, 0.2) is 11.5 Å². The molecule has 2 aromatic rings. The van der Waals surface area contributed by atoms with Crippen LogP contribution < -0.4 is 14.8 Å². The molecule has 112 valence electrons. The van der Waals surface area contributed by atoms with E-state index in [1.54, 1.807) is 44.6 Å². The van der Waals surface area contributed by atoms with E-state index in [1.165, 1.54) is 0 Å². The average Bonchev–Trinajstić information content (AvgIpc) is 2.59. The van der Waals surface area contributed by atoms with E-state index >= 15 is 0 Å². The molecule has 22 heavy (non-hydrogen) atoms. The first kappa shape index (κ1) is 15.4. The Kier molecular flexibility index (Phi) is 4.99. The quantitative estimate of drug-likeness (QED) is 0.920. The highest BCUT2D eigenvalue weighted by Gasteiger charge is 2.08. The number of nitrogens with one attached hydrogen (secondary N) is 1. The Bertz CT molecular complexity index is 703. The number of rotatable bonds is 5. The maximum absolute atomic E-state index is 12.0. The fraction of sp³-hybridized carbons (Fsp3) is 0.176. The number of carbonyl (C=O) groups is 1. The number of hydrogen-bond donors (Lipinski definition) is 1. The summed E-state index contributed by atoms with van der Waals surface area (Å²) in [7, 11) is 3.14. The lowest BCUT2D eigenvalue weighted by atomic mass is 10.1. The Labute approximate surface area is 129 Å². The van der Waals surface area contributed by atoms with Crippen molar-refractivity contribution in [3.8, 4) is 17.6 Å². The number of carbonyl (C=O) groups excluding carboxylic acids is 1. The molecule has 0 unspecified atom stereocenters. The van der Waals surface area contributed by atoms with Crippen LogP contribution in [0.15, 0.2) is 42.5 Å². The molecule has 0 radical (unpaired) electrons. The van der Waals surface area contributed by atoms with Crippen molar-refractivity contribution < 1.29 is 14.3 Å². The molecule has 5 heteroatoms. The van der Waals surface area contributed by atoms with E-state index in [2.05, 4.69) is 5.32 Å². The summed E-state index contributed by atoms with van der Waals surface area (Å²) in [6.45, 7) is 0.374. The van der Waals surface area contributed by atoms with E-state index < -0.39 is 0 Å². The summed E-state index contributed by atoms with van der Waals surface area (Å²) in [5.41, 5.74) is 1.94. The molecule has 0 saturated heterocycles. The van der Waals surface area contributed by atoms with Crippen LogP contribution in [0, 0.1) is 11.3 Å². The zero-order chi connectivity index (χ0) is 15.9. The van der Waals surface area contributed by atoms with Gasteiger partial charge in [-0.25, -0.2) is 0 Å². The molecular formula is C17H16N2O3. The number of amides is 1. The fourth-order valence-corrected chi connectivity index (χ4v) is 1.97. The lowest BCUT2D eigenvalue weighted by Gasteiger charge is -2.10. The monoisotopic (exact) mass is 296 g/mol. The van der Waals surface area contributed by atoms with E-state index in [1.807, 2.05) is 18.2 Å². The smallest absolute Gasteiger partial charge is 0.251 e.